The second-order valence-electron chi connectivity index (χ2n) is 2.67. The third kappa shape index (κ3) is 2.99. The van der Waals surface area contributed by atoms with Gasteiger partial charge < -0.3 is 5.73 Å². The first-order chi connectivity index (χ1) is 5.18. The van der Waals surface area contributed by atoms with Gasteiger partial charge in [0, 0.05) is 12.2 Å². The molecular formula is C8H11BrN2. The summed E-state index contributed by atoms with van der Waals surface area (Å²) >= 11 is 3.27. The normalized spacial score (nSPS) is 13.0. The maximum absolute atomic E-state index is 5.62. The van der Waals surface area contributed by atoms with Gasteiger partial charge in [0.25, 0.3) is 0 Å². The SMILES string of the molecule is CC(N)Cc1ccc(Br)nc1. The molecule has 1 heterocycles. The Kier molecular flexibility index (Phi) is 3.02. The van der Waals surface area contributed by atoms with Crippen molar-refractivity contribution in [3.63, 3.8) is 0 Å². The van der Waals surface area contributed by atoms with Gasteiger partial charge in [-0.3, -0.25) is 0 Å². The molecule has 0 saturated carbocycles. The van der Waals surface area contributed by atoms with E-state index in [9.17, 15) is 0 Å². The molecule has 60 valence electrons. The molecule has 0 aliphatic heterocycles. The van der Waals surface area contributed by atoms with Crippen molar-refractivity contribution in [1.29, 1.82) is 0 Å². The molecule has 2 N–H and O–H groups in total. The largest absolute Gasteiger partial charge is 0.328 e. The van der Waals surface area contributed by atoms with Gasteiger partial charge in [-0.25, -0.2) is 4.98 Å². The summed E-state index contributed by atoms with van der Waals surface area (Å²) in [6.07, 6.45) is 2.73. The van der Waals surface area contributed by atoms with Gasteiger partial charge in [0.05, 0.1) is 0 Å². The van der Waals surface area contributed by atoms with Crippen LogP contribution in [0.5, 0.6) is 0 Å². The molecule has 1 rings (SSSR count). The summed E-state index contributed by atoms with van der Waals surface area (Å²) in [5, 5.41) is 0. The van der Waals surface area contributed by atoms with Crippen molar-refractivity contribution in [2.24, 2.45) is 5.73 Å². The zero-order valence-corrected chi connectivity index (χ0v) is 8.01. The van der Waals surface area contributed by atoms with Crippen molar-refractivity contribution in [3.8, 4) is 0 Å². The molecule has 0 saturated heterocycles. The first-order valence-electron chi connectivity index (χ1n) is 3.54. The van der Waals surface area contributed by atoms with Gasteiger partial charge in [-0.05, 0) is 40.9 Å². The number of aromatic nitrogens is 1. The predicted octanol–water partition coefficient (Wildman–Crippen LogP) is 1.73. The van der Waals surface area contributed by atoms with Gasteiger partial charge >= 0.3 is 0 Å². The monoisotopic (exact) mass is 214 g/mol. The number of nitrogens with zero attached hydrogens (tertiary/aromatic N) is 1. The zero-order valence-electron chi connectivity index (χ0n) is 6.42. The summed E-state index contributed by atoms with van der Waals surface area (Å²) < 4.78 is 0.867. The van der Waals surface area contributed by atoms with E-state index in [2.05, 4.69) is 20.9 Å². The standard InChI is InChI=1S/C8H11BrN2/c1-6(10)4-7-2-3-8(9)11-5-7/h2-3,5-6H,4,10H2,1H3. The number of pyridine rings is 1. The lowest BCUT2D eigenvalue weighted by Gasteiger charge is -2.03. The number of hydrogen-bond acceptors (Lipinski definition) is 2. The Hall–Kier alpha value is -0.410. The van der Waals surface area contributed by atoms with Crippen LogP contribution in [-0.4, -0.2) is 11.0 Å². The molecule has 11 heavy (non-hydrogen) atoms. The van der Waals surface area contributed by atoms with Gasteiger partial charge in [0.15, 0.2) is 0 Å². The molecule has 0 amide bonds. The quantitative estimate of drug-likeness (QED) is 0.763. The van der Waals surface area contributed by atoms with Crippen LogP contribution in [0.4, 0.5) is 0 Å². The van der Waals surface area contributed by atoms with Gasteiger partial charge in [0.1, 0.15) is 4.60 Å². The van der Waals surface area contributed by atoms with E-state index < -0.39 is 0 Å². The minimum atomic E-state index is 0.206. The van der Waals surface area contributed by atoms with Crippen LogP contribution >= 0.6 is 15.9 Å². The van der Waals surface area contributed by atoms with Crippen LogP contribution in [0.2, 0.25) is 0 Å². The molecule has 0 aliphatic rings. The van der Waals surface area contributed by atoms with Crippen LogP contribution in [0.1, 0.15) is 12.5 Å². The van der Waals surface area contributed by atoms with Gasteiger partial charge in [-0.15, -0.1) is 0 Å². The van der Waals surface area contributed by atoms with E-state index in [4.69, 9.17) is 5.73 Å². The van der Waals surface area contributed by atoms with Crippen LogP contribution in [0.15, 0.2) is 22.9 Å². The summed E-state index contributed by atoms with van der Waals surface area (Å²) in [4.78, 5) is 4.09. The molecule has 1 atom stereocenters. The van der Waals surface area contributed by atoms with Crippen molar-refractivity contribution in [2.75, 3.05) is 0 Å². The second-order valence-corrected chi connectivity index (χ2v) is 3.48. The fraction of sp³-hybridized carbons (Fsp3) is 0.375. The van der Waals surface area contributed by atoms with Gasteiger partial charge in [0.2, 0.25) is 0 Å². The third-order valence-electron chi connectivity index (χ3n) is 1.35. The molecule has 0 aromatic carbocycles. The second kappa shape index (κ2) is 3.83. The number of halogens is 1. The minimum Gasteiger partial charge on any atom is -0.328 e. The number of nitrogens with two attached hydrogens (primary N) is 1. The lowest BCUT2D eigenvalue weighted by molar-refractivity contribution is 0.735. The Morgan fingerprint density at radius 1 is 1.64 bits per heavy atom. The molecule has 3 heteroatoms. The average Bonchev–Trinajstić information content (AvgIpc) is 1.93. The van der Waals surface area contributed by atoms with Crippen LogP contribution in [0.3, 0.4) is 0 Å². The van der Waals surface area contributed by atoms with Crippen LogP contribution < -0.4 is 5.73 Å². The molecule has 1 unspecified atom stereocenters. The maximum atomic E-state index is 5.62. The molecule has 0 spiro atoms. The van der Waals surface area contributed by atoms with Crippen molar-refractivity contribution in [1.82, 2.24) is 4.98 Å². The summed E-state index contributed by atoms with van der Waals surface area (Å²) in [5.41, 5.74) is 6.81. The predicted molar refractivity (Wildman–Crippen MR) is 49.3 cm³/mol. The molecule has 0 aliphatic carbocycles. The van der Waals surface area contributed by atoms with Crippen molar-refractivity contribution < 1.29 is 0 Å². The van der Waals surface area contributed by atoms with Crippen LogP contribution in [0.25, 0.3) is 0 Å². The van der Waals surface area contributed by atoms with E-state index in [1.54, 1.807) is 0 Å². The van der Waals surface area contributed by atoms with E-state index in [0.717, 1.165) is 11.0 Å². The Morgan fingerprint density at radius 3 is 2.82 bits per heavy atom. The lowest BCUT2D eigenvalue weighted by atomic mass is 10.1. The molecule has 1 aromatic heterocycles. The smallest absolute Gasteiger partial charge is 0.106 e. The molecular weight excluding hydrogens is 204 g/mol. The van der Waals surface area contributed by atoms with E-state index in [0.29, 0.717) is 0 Å². The Labute approximate surface area is 75.0 Å². The lowest BCUT2D eigenvalue weighted by Crippen LogP contribution is -2.17. The third-order valence-corrected chi connectivity index (χ3v) is 1.82. The van der Waals surface area contributed by atoms with Crippen molar-refractivity contribution in [3.05, 3.63) is 28.5 Å². The Bertz CT molecular complexity index is 218. The molecule has 1 aromatic rings. The molecule has 0 radical (unpaired) electrons. The molecule has 0 fully saturated rings. The fourth-order valence-electron chi connectivity index (χ4n) is 0.899. The van der Waals surface area contributed by atoms with Crippen LogP contribution in [-0.2, 0) is 6.42 Å². The van der Waals surface area contributed by atoms with E-state index >= 15 is 0 Å². The minimum absolute atomic E-state index is 0.206. The highest BCUT2D eigenvalue weighted by Crippen LogP contribution is 2.07. The van der Waals surface area contributed by atoms with E-state index in [-0.39, 0.29) is 6.04 Å². The zero-order chi connectivity index (χ0) is 8.27. The fourth-order valence-corrected chi connectivity index (χ4v) is 1.13. The topological polar surface area (TPSA) is 38.9 Å². The highest BCUT2D eigenvalue weighted by molar-refractivity contribution is 9.10. The first-order valence-corrected chi connectivity index (χ1v) is 4.34. The first kappa shape index (κ1) is 8.68. The summed E-state index contributed by atoms with van der Waals surface area (Å²) in [6.45, 7) is 1.99. The molecule has 0 bridgehead atoms. The van der Waals surface area contributed by atoms with Gasteiger partial charge in [-0.2, -0.15) is 0 Å². The number of hydrogen-bond donors (Lipinski definition) is 1. The highest BCUT2D eigenvalue weighted by atomic mass is 79.9. The highest BCUT2D eigenvalue weighted by Gasteiger charge is 1.97. The van der Waals surface area contributed by atoms with Crippen molar-refractivity contribution in [2.45, 2.75) is 19.4 Å². The van der Waals surface area contributed by atoms with E-state index in [1.807, 2.05) is 25.3 Å². The van der Waals surface area contributed by atoms with Crippen LogP contribution in [0, 0.1) is 0 Å². The van der Waals surface area contributed by atoms with Crippen molar-refractivity contribution >= 4 is 15.9 Å². The molecule has 2 nitrogen and oxygen atoms in total. The summed E-state index contributed by atoms with van der Waals surface area (Å²) in [5.74, 6) is 0. The summed E-state index contributed by atoms with van der Waals surface area (Å²) in [6, 6.07) is 4.16. The van der Waals surface area contributed by atoms with Gasteiger partial charge in [-0.1, -0.05) is 6.07 Å². The van der Waals surface area contributed by atoms with E-state index in [1.165, 1.54) is 5.56 Å². The Morgan fingerprint density at radius 2 is 2.36 bits per heavy atom. The number of rotatable bonds is 2. The average molecular weight is 215 g/mol. The Balaban J connectivity index is 2.66. The summed E-state index contributed by atoms with van der Waals surface area (Å²) in [7, 11) is 0. The maximum Gasteiger partial charge on any atom is 0.106 e.